The van der Waals surface area contributed by atoms with E-state index in [4.69, 9.17) is 10.5 Å². The summed E-state index contributed by atoms with van der Waals surface area (Å²) in [6.45, 7) is 1.22. The number of rotatable bonds is 3. The fourth-order valence-corrected chi connectivity index (χ4v) is 1.98. The molecule has 1 aromatic rings. The third-order valence-electron chi connectivity index (χ3n) is 2.83. The van der Waals surface area contributed by atoms with Crippen LogP contribution in [0, 0.1) is 0 Å². The first kappa shape index (κ1) is 11.0. The highest BCUT2D eigenvalue weighted by Crippen LogP contribution is 2.30. The molecule has 0 atom stereocenters. The van der Waals surface area contributed by atoms with Crippen molar-refractivity contribution in [2.45, 2.75) is 12.8 Å². The van der Waals surface area contributed by atoms with E-state index in [0.29, 0.717) is 18.7 Å². The maximum absolute atomic E-state index is 11.9. The number of nitrogens with two attached hydrogens (primary N) is 1. The summed E-state index contributed by atoms with van der Waals surface area (Å²) in [5.74, 6) is 0.103. The number of carbonyl (C=O) groups is 1. The van der Waals surface area contributed by atoms with Gasteiger partial charge in [0.25, 0.3) is 0 Å². The molecule has 0 unspecified atom stereocenters. The van der Waals surface area contributed by atoms with E-state index in [1.807, 2.05) is 18.2 Å². The Morgan fingerprint density at radius 2 is 2.38 bits per heavy atom. The first-order chi connectivity index (χ1) is 7.72. The van der Waals surface area contributed by atoms with Gasteiger partial charge in [-0.25, -0.2) is 0 Å². The molecule has 16 heavy (non-hydrogen) atoms. The van der Waals surface area contributed by atoms with Crippen LogP contribution in [0.1, 0.15) is 12.0 Å². The smallest absolute Gasteiger partial charge is 0.229 e. The maximum Gasteiger partial charge on any atom is 0.229 e. The van der Waals surface area contributed by atoms with Crippen molar-refractivity contribution in [3.8, 4) is 0 Å². The Labute approximate surface area is 95.0 Å². The monoisotopic (exact) mass is 220 g/mol. The quantitative estimate of drug-likeness (QED) is 0.778. The minimum Gasteiger partial charge on any atom is -0.399 e. The van der Waals surface area contributed by atoms with Crippen LogP contribution in [0.15, 0.2) is 18.2 Å². The van der Waals surface area contributed by atoms with E-state index in [0.717, 1.165) is 18.7 Å². The van der Waals surface area contributed by atoms with Gasteiger partial charge in [-0.15, -0.1) is 0 Å². The van der Waals surface area contributed by atoms with E-state index >= 15 is 0 Å². The van der Waals surface area contributed by atoms with Gasteiger partial charge in [-0.05, 0) is 24.1 Å². The third kappa shape index (κ3) is 2.02. The second-order valence-electron chi connectivity index (χ2n) is 3.93. The van der Waals surface area contributed by atoms with Crippen LogP contribution in [0.4, 0.5) is 11.4 Å². The fraction of sp³-hybridized carbons (Fsp3) is 0.417. The van der Waals surface area contributed by atoms with Crippen molar-refractivity contribution < 1.29 is 9.53 Å². The first-order valence-electron chi connectivity index (χ1n) is 5.40. The largest absolute Gasteiger partial charge is 0.399 e. The molecule has 4 nitrogen and oxygen atoms in total. The number of hydrogen-bond donors (Lipinski definition) is 1. The van der Waals surface area contributed by atoms with Gasteiger partial charge >= 0.3 is 0 Å². The summed E-state index contributed by atoms with van der Waals surface area (Å²) in [5, 5.41) is 0. The molecule has 0 bridgehead atoms. The summed E-state index contributed by atoms with van der Waals surface area (Å²) in [4.78, 5) is 13.7. The molecule has 0 spiro atoms. The first-order valence-corrected chi connectivity index (χ1v) is 5.40. The van der Waals surface area contributed by atoms with E-state index in [1.165, 1.54) is 5.56 Å². The molecule has 1 aliphatic rings. The highest BCUT2D eigenvalue weighted by atomic mass is 16.5. The van der Waals surface area contributed by atoms with Gasteiger partial charge in [0.2, 0.25) is 5.91 Å². The van der Waals surface area contributed by atoms with E-state index < -0.39 is 0 Å². The molecule has 1 aliphatic heterocycles. The zero-order valence-corrected chi connectivity index (χ0v) is 9.40. The van der Waals surface area contributed by atoms with Crippen LogP contribution in [0.3, 0.4) is 0 Å². The van der Waals surface area contributed by atoms with Crippen molar-refractivity contribution in [1.29, 1.82) is 0 Å². The van der Waals surface area contributed by atoms with Crippen molar-refractivity contribution in [2.24, 2.45) is 0 Å². The highest BCUT2D eigenvalue weighted by molar-refractivity contribution is 5.96. The van der Waals surface area contributed by atoms with Gasteiger partial charge in [0.05, 0.1) is 13.0 Å². The minimum absolute atomic E-state index is 0.103. The average Bonchev–Trinajstić information content (AvgIpc) is 2.68. The van der Waals surface area contributed by atoms with Crippen LogP contribution < -0.4 is 10.6 Å². The lowest BCUT2D eigenvalue weighted by Gasteiger charge is -2.17. The standard InChI is InChI=1S/C12H16N2O2/c1-16-7-5-12(15)14-6-4-9-2-3-10(13)8-11(9)14/h2-3,8H,4-7,13H2,1H3. The lowest BCUT2D eigenvalue weighted by atomic mass is 10.1. The molecule has 0 fully saturated rings. The van der Waals surface area contributed by atoms with Crippen LogP contribution in [0.25, 0.3) is 0 Å². The predicted molar refractivity (Wildman–Crippen MR) is 63.4 cm³/mol. The predicted octanol–water partition coefficient (Wildman–Crippen LogP) is 1.19. The number of carbonyl (C=O) groups excluding carboxylic acids is 1. The second-order valence-corrected chi connectivity index (χ2v) is 3.93. The van der Waals surface area contributed by atoms with Gasteiger partial charge < -0.3 is 15.4 Å². The van der Waals surface area contributed by atoms with Gasteiger partial charge in [-0.2, -0.15) is 0 Å². The number of ether oxygens (including phenoxy) is 1. The summed E-state index contributed by atoms with van der Waals surface area (Å²) >= 11 is 0. The van der Waals surface area contributed by atoms with Crippen molar-refractivity contribution >= 4 is 17.3 Å². The summed E-state index contributed by atoms with van der Waals surface area (Å²) in [7, 11) is 1.60. The number of fused-ring (bicyclic) bond motifs is 1. The molecule has 1 heterocycles. The van der Waals surface area contributed by atoms with Crippen LogP contribution in [0.5, 0.6) is 0 Å². The Bertz CT molecular complexity index is 404. The summed E-state index contributed by atoms with van der Waals surface area (Å²) < 4.78 is 4.91. The average molecular weight is 220 g/mol. The van der Waals surface area contributed by atoms with Gasteiger partial charge in [-0.1, -0.05) is 6.07 Å². The fourth-order valence-electron chi connectivity index (χ4n) is 1.98. The number of anilines is 2. The molecular weight excluding hydrogens is 204 g/mol. The van der Waals surface area contributed by atoms with Crippen LogP contribution >= 0.6 is 0 Å². The Hall–Kier alpha value is -1.55. The summed E-state index contributed by atoms with van der Waals surface area (Å²) in [6.07, 6.45) is 1.33. The molecular formula is C12H16N2O2. The second kappa shape index (κ2) is 4.53. The van der Waals surface area contributed by atoms with Gasteiger partial charge in [-0.3, -0.25) is 4.79 Å². The number of nitrogens with zero attached hydrogens (tertiary/aromatic N) is 1. The SMILES string of the molecule is COCCC(=O)N1CCc2ccc(N)cc21. The number of nitrogen functional groups attached to an aromatic ring is 1. The Morgan fingerprint density at radius 3 is 3.12 bits per heavy atom. The van der Waals surface area contributed by atoms with Crippen LogP contribution in [-0.2, 0) is 16.0 Å². The van der Waals surface area contributed by atoms with E-state index in [1.54, 1.807) is 12.0 Å². The zero-order valence-electron chi connectivity index (χ0n) is 9.40. The Morgan fingerprint density at radius 1 is 1.56 bits per heavy atom. The van der Waals surface area contributed by atoms with E-state index in [2.05, 4.69) is 0 Å². The van der Waals surface area contributed by atoms with Crippen molar-refractivity contribution in [3.63, 3.8) is 0 Å². The van der Waals surface area contributed by atoms with E-state index in [9.17, 15) is 4.79 Å². The van der Waals surface area contributed by atoms with E-state index in [-0.39, 0.29) is 5.91 Å². The lowest BCUT2D eigenvalue weighted by molar-refractivity contribution is -0.119. The minimum atomic E-state index is 0.103. The topological polar surface area (TPSA) is 55.6 Å². The van der Waals surface area contributed by atoms with Crippen LogP contribution in [-0.4, -0.2) is 26.2 Å². The van der Waals surface area contributed by atoms with Crippen molar-refractivity contribution in [3.05, 3.63) is 23.8 Å². The number of methoxy groups -OCH3 is 1. The summed E-state index contributed by atoms with van der Waals surface area (Å²) in [5.41, 5.74) is 8.58. The van der Waals surface area contributed by atoms with Crippen molar-refractivity contribution in [2.75, 3.05) is 30.9 Å². The highest BCUT2D eigenvalue weighted by Gasteiger charge is 2.24. The Kier molecular flexibility index (Phi) is 3.10. The van der Waals surface area contributed by atoms with Gasteiger partial charge in [0.1, 0.15) is 0 Å². The number of hydrogen-bond acceptors (Lipinski definition) is 3. The van der Waals surface area contributed by atoms with Crippen molar-refractivity contribution in [1.82, 2.24) is 0 Å². The molecule has 2 rings (SSSR count). The lowest BCUT2D eigenvalue weighted by Crippen LogP contribution is -2.29. The molecule has 0 aromatic heterocycles. The molecule has 0 saturated heterocycles. The molecule has 0 radical (unpaired) electrons. The molecule has 86 valence electrons. The van der Waals surface area contributed by atoms with Gasteiger partial charge in [0.15, 0.2) is 0 Å². The molecule has 1 aromatic carbocycles. The Balaban J connectivity index is 2.16. The molecule has 2 N–H and O–H groups in total. The number of amides is 1. The maximum atomic E-state index is 11.9. The zero-order chi connectivity index (χ0) is 11.5. The van der Waals surface area contributed by atoms with Gasteiger partial charge in [0, 0.05) is 25.0 Å². The molecule has 1 amide bonds. The normalized spacial score (nSPS) is 13.9. The van der Waals surface area contributed by atoms with Crippen LogP contribution in [0.2, 0.25) is 0 Å². The third-order valence-corrected chi connectivity index (χ3v) is 2.83. The number of benzene rings is 1. The molecule has 4 heteroatoms. The summed E-state index contributed by atoms with van der Waals surface area (Å²) in [6, 6.07) is 5.74. The molecule has 0 saturated carbocycles. The molecule has 0 aliphatic carbocycles.